The first kappa shape index (κ1) is 23.4. The van der Waals surface area contributed by atoms with Crippen LogP contribution in [0.15, 0.2) is 42.5 Å². The summed E-state index contributed by atoms with van der Waals surface area (Å²) in [5.41, 5.74) is 1.62. The highest BCUT2D eigenvalue weighted by molar-refractivity contribution is 5.94. The van der Waals surface area contributed by atoms with Crippen LogP contribution in [0.4, 0.5) is 20.3 Å². The second-order valence-corrected chi connectivity index (χ2v) is 7.80. The molecule has 2 N–H and O–H groups in total. The summed E-state index contributed by atoms with van der Waals surface area (Å²) in [4.78, 5) is 29.5. The van der Waals surface area contributed by atoms with Crippen LogP contribution >= 0.6 is 0 Å². The van der Waals surface area contributed by atoms with Gasteiger partial charge in [-0.2, -0.15) is 0 Å². The summed E-state index contributed by atoms with van der Waals surface area (Å²) in [7, 11) is 0. The molecule has 2 aromatic carbocycles. The molecule has 0 radical (unpaired) electrons. The smallest absolute Gasteiger partial charge is 0.254 e. The molecule has 178 valence electrons. The van der Waals surface area contributed by atoms with E-state index in [1.54, 1.807) is 40.7 Å². The van der Waals surface area contributed by atoms with Crippen LogP contribution < -0.4 is 10.6 Å². The van der Waals surface area contributed by atoms with Crippen molar-refractivity contribution in [3.05, 3.63) is 65.4 Å². The van der Waals surface area contributed by atoms with Gasteiger partial charge in [-0.3, -0.25) is 9.59 Å². The first-order valence-corrected chi connectivity index (χ1v) is 10.9. The van der Waals surface area contributed by atoms with Crippen LogP contribution in [0.5, 0.6) is 0 Å². The number of rotatable bonds is 8. The fraction of sp³-hybridized carbons (Fsp3) is 0.292. The number of imidazole rings is 1. The summed E-state index contributed by atoms with van der Waals surface area (Å²) < 4.78 is 36.0. The number of hydrogen-bond acceptors (Lipinski definition) is 5. The first-order chi connectivity index (χ1) is 16.5. The molecule has 34 heavy (non-hydrogen) atoms. The molecule has 1 aliphatic heterocycles. The van der Waals surface area contributed by atoms with Gasteiger partial charge in [0.15, 0.2) is 5.82 Å². The zero-order chi connectivity index (χ0) is 24.1. The maximum absolute atomic E-state index is 14.5. The molecule has 1 aliphatic rings. The van der Waals surface area contributed by atoms with E-state index in [9.17, 15) is 18.4 Å². The first-order valence-electron chi connectivity index (χ1n) is 10.9. The van der Waals surface area contributed by atoms with Crippen LogP contribution in [0, 0.1) is 18.6 Å². The van der Waals surface area contributed by atoms with Crippen LogP contribution in [0.25, 0.3) is 11.4 Å². The largest absolute Gasteiger partial charge is 0.378 e. The van der Waals surface area contributed by atoms with E-state index in [2.05, 4.69) is 15.6 Å². The van der Waals surface area contributed by atoms with Crippen molar-refractivity contribution in [2.75, 3.05) is 38.2 Å². The lowest BCUT2D eigenvalue weighted by Crippen LogP contribution is -2.40. The second-order valence-electron chi connectivity index (χ2n) is 7.80. The number of nitrogens with zero attached hydrogens (tertiary/aromatic N) is 3. The molecular formula is C24H25F2N5O3. The van der Waals surface area contributed by atoms with Gasteiger partial charge < -0.3 is 24.8 Å². The predicted molar refractivity (Wildman–Crippen MR) is 123 cm³/mol. The average Bonchev–Trinajstić information content (AvgIpc) is 3.14. The van der Waals surface area contributed by atoms with Gasteiger partial charge in [0.1, 0.15) is 17.5 Å². The summed E-state index contributed by atoms with van der Waals surface area (Å²) in [5, 5.41) is 5.72. The standard InChI is InChI=1S/C24H25F2N5O3/c1-16-22(28-18-7-5-17(6-8-18)24(33)30-11-13-34-14-12-30)29-23(31(16)10-9-27-15-32)21-19(25)3-2-4-20(21)26/h2-8,15,28H,9-14H2,1H3,(H,27,32). The Morgan fingerprint density at radius 1 is 1.12 bits per heavy atom. The molecule has 1 aromatic heterocycles. The van der Waals surface area contributed by atoms with Gasteiger partial charge in [-0.1, -0.05) is 6.07 Å². The minimum atomic E-state index is -0.730. The third kappa shape index (κ3) is 4.91. The number of amides is 2. The molecule has 3 aromatic rings. The quantitative estimate of drug-likeness (QED) is 0.391. The molecule has 0 spiro atoms. The van der Waals surface area contributed by atoms with Crippen LogP contribution in [-0.2, 0) is 16.1 Å². The zero-order valence-corrected chi connectivity index (χ0v) is 18.7. The Hall–Kier alpha value is -3.79. The molecule has 1 fully saturated rings. The number of aromatic nitrogens is 2. The van der Waals surface area contributed by atoms with Gasteiger partial charge in [0.2, 0.25) is 6.41 Å². The Morgan fingerprint density at radius 3 is 2.44 bits per heavy atom. The Labute approximate surface area is 195 Å². The number of hydrogen-bond donors (Lipinski definition) is 2. The predicted octanol–water partition coefficient (Wildman–Crippen LogP) is 3.10. The minimum absolute atomic E-state index is 0.0599. The van der Waals surface area contributed by atoms with Crippen molar-refractivity contribution >= 4 is 23.8 Å². The van der Waals surface area contributed by atoms with Gasteiger partial charge >= 0.3 is 0 Å². The van der Waals surface area contributed by atoms with Gasteiger partial charge in [-0.25, -0.2) is 13.8 Å². The molecule has 1 saturated heterocycles. The number of nitrogens with one attached hydrogen (secondary N) is 2. The average molecular weight is 469 g/mol. The lowest BCUT2D eigenvalue weighted by atomic mass is 10.1. The summed E-state index contributed by atoms with van der Waals surface area (Å²) in [6.45, 7) is 4.49. The molecule has 2 heterocycles. The number of morpholine rings is 1. The summed E-state index contributed by atoms with van der Waals surface area (Å²) in [6, 6.07) is 10.6. The van der Waals surface area contributed by atoms with Crippen molar-refractivity contribution in [3.8, 4) is 11.4 Å². The van der Waals surface area contributed by atoms with E-state index < -0.39 is 11.6 Å². The van der Waals surface area contributed by atoms with Crippen LogP contribution in [0.1, 0.15) is 16.1 Å². The van der Waals surface area contributed by atoms with E-state index in [1.807, 2.05) is 0 Å². The Balaban J connectivity index is 1.60. The van der Waals surface area contributed by atoms with Crippen molar-refractivity contribution in [2.24, 2.45) is 0 Å². The van der Waals surface area contributed by atoms with Gasteiger partial charge in [-0.15, -0.1) is 0 Å². The van der Waals surface area contributed by atoms with E-state index in [-0.39, 0.29) is 30.4 Å². The molecule has 0 saturated carbocycles. The maximum atomic E-state index is 14.5. The van der Waals surface area contributed by atoms with Crippen molar-refractivity contribution in [3.63, 3.8) is 0 Å². The number of halogens is 2. The molecule has 0 bridgehead atoms. The van der Waals surface area contributed by atoms with Gasteiger partial charge in [-0.05, 0) is 43.3 Å². The number of carbonyl (C=O) groups excluding carboxylic acids is 2. The monoisotopic (exact) mass is 469 g/mol. The second kappa shape index (κ2) is 10.4. The van der Waals surface area contributed by atoms with Crippen LogP contribution in [-0.4, -0.2) is 59.6 Å². The number of ether oxygens (including phenoxy) is 1. The van der Waals surface area contributed by atoms with E-state index in [0.717, 1.165) is 0 Å². The Morgan fingerprint density at radius 2 is 1.79 bits per heavy atom. The minimum Gasteiger partial charge on any atom is -0.378 e. The van der Waals surface area contributed by atoms with E-state index in [1.165, 1.54) is 18.2 Å². The molecule has 10 heteroatoms. The van der Waals surface area contributed by atoms with Gasteiger partial charge in [0, 0.05) is 37.4 Å². The van der Waals surface area contributed by atoms with Crippen molar-refractivity contribution < 1.29 is 23.1 Å². The summed E-state index contributed by atoms with van der Waals surface area (Å²) >= 11 is 0. The fourth-order valence-electron chi connectivity index (χ4n) is 3.85. The van der Waals surface area contributed by atoms with Gasteiger partial charge in [0.25, 0.3) is 5.91 Å². The van der Waals surface area contributed by atoms with Crippen molar-refractivity contribution in [2.45, 2.75) is 13.5 Å². The third-order valence-electron chi connectivity index (χ3n) is 5.66. The number of carbonyl (C=O) groups is 2. The zero-order valence-electron chi connectivity index (χ0n) is 18.7. The molecule has 0 atom stereocenters. The molecule has 0 unspecified atom stereocenters. The Bertz CT molecular complexity index is 1150. The van der Waals surface area contributed by atoms with Crippen molar-refractivity contribution in [1.82, 2.24) is 19.8 Å². The summed E-state index contributed by atoms with van der Waals surface area (Å²) in [6.07, 6.45) is 0.564. The molecule has 8 nitrogen and oxygen atoms in total. The highest BCUT2D eigenvalue weighted by Gasteiger charge is 2.22. The highest BCUT2D eigenvalue weighted by Crippen LogP contribution is 2.31. The maximum Gasteiger partial charge on any atom is 0.254 e. The summed E-state index contributed by atoms with van der Waals surface area (Å²) in [5.74, 6) is -0.993. The van der Waals surface area contributed by atoms with Gasteiger partial charge in [0.05, 0.1) is 24.5 Å². The SMILES string of the molecule is Cc1c(Nc2ccc(C(=O)N3CCOCC3)cc2)nc(-c2c(F)cccc2F)n1CCNC=O. The normalized spacial score (nSPS) is 13.6. The molecule has 0 aliphatic carbocycles. The van der Waals surface area contributed by atoms with Crippen molar-refractivity contribution in [1.29, 1.82) is 0 Å². The molecule has 4 rings (SSSR count). The number of anilines is 2. The van der Waals surface area contributed by atoms with E-state index in [4.69, 9.17) is 4.74 Å². The van der Waals surface area contributed by atoms with Crippen LogP contribution in [0.3, 0.4) is 0 Å². The fourth-order valence-corrected chi connectivity index (χ4v) is 3.85. The lowest BCUT2D eigenvalue weighted by molar-refractivity contribution is -0.109. The molecular weight excluding hydrogens is 444 g/mol. The Kier molecular flexibility index (Phi) is 7.17. The van der Waals surface area contributed by atoms with E-state index >= 15 is 0 Å². The highest BCUT2D eigenvalue weighted by atomic mass is 19.1. The topological polar surface area (TPSA) is 88.5 Å². The third-order valence-corrected chi connectivity index (χ3v) is 5.66. The number of benzene rings is 2. The van der Waals surface area contributed by atoms with Crippen LogP contribution in [0.2, 0.25) is 0 Å². The molecule has 2 amide bonds. The lowest BCUT2D eigenvalue weighted by Gasteiger charge is -2.26. The van der Waals surface area contributed by atoms with E-state index in [0.29, 0.717) is 55.5 Å².